The topological polar surface area (TPSA) is 54.9 Å². The van der Waals surface area contributed by atoms with E-state index in [0.717, 1.165) is 23.0 Å². The zero-order valence-corrected chi connectivity index (χ0v) is 14.8. The quantitative estimate of drug-likeness (QED) is 0.586. The summed E-state index contributed by atoms with van der Waals surface area (Å²) in [5, 5.41) is 2.95. The minimum Gasteiger partial charge on any atom is -0.347 e. The number of aromatic nitrogens is 2. The van der Waals surface area contributed by atoms with Crippen LogP contribution in [0.4, 0.5) is 0 Å². The van der Waals surface area contributed by atoms with Gasteiger partial charge in [-0.3, -0.25) is 9.78 Å². The molecule has 4 aromatic rings. The monoisotopic (exact) mass is 353 g/mol. The number of pyridine rings is 2. The molecule has 0 radical (unpaired) electrons. The van der Waals surface area contributed by atoms with Crippen molar-refractivity contribution in [3.05, 3.63) is 107 Å². The molecule has 0 spiro atoms. The zero-order valence-electron chi connectivity index (χ0n) is 14.8. The van der Waals surface area contributed by atoms with Crippen molar-refractivity contribution in [3.63, 3.8) is 0 Å². The molecular weight excluding hydrogens is 334 g/mol. The first-order chi connectivity index (χ1) is 13.3. The molecule has 0 aliphatic heterocycles. The Balaban J connectivity index is 1.43. The number of hydrogen-bond donors (Lipinski definition) is 1. The molecule has 2 aromatic carbocycles. The maximum absolute atomic E-state index is 12.4. The van der Waals surface area contributed by atoms with E-state index in [4.69, 9.17) is 0 Å². The Morgan fingerprint density at radius 3 is 2.48 bits per heavy atom. The molecule has 2 aromatic heterocycles. The second kappa shape index (κ2) is 7.79. The summed E-state index contributed by atoms with van der Waals surface area (Å²) in [6.45, 7) is 0.466. The van der Waals surface area contributed by atoms with Gasteiger partial charge in [0.25, 0.3) is 5.91 Å². The van der Waals surface area contributed by atoms with Crippen LogP contribution < -0.4 is 5.32 Å². The molecule has 0 saturated heterocycles. The third-order valence-electron chi connectivity index (χ3n) is 4.38. The van der Waals surface area contributed by atoms with Crippen LogP contribution in [-0.2, 0) is 13.0 Å². The van der Waals surface area contributed by atoms with Crippen LogP contribution in [0.15, 0.2) is 85.1 Å². The molecule has 1 amide bonds. The first-order valence-corrected chi connectivity index (χ1v) is 8.90. The molecule has 4 nitrogen and oxygen atoms in total. The van der Waals surface area contributed by atoms with E-state index in [1.807, 2.05) is 48.5 Å². The zero-order chi connectivity index (χ0) is 18.5. The molecule has 0 fully saturated rings. The Kier molecular flexibility index (Phi) is 4.88. The van der Waals surface area contributed by atoms with Crippen LogP contribution in [0, 0.1) is 0 Å². The van der Waals surface area contributed by atoms with Crippen molar-refractivity contribution < 1.29 is 4.79 Å². The van der Waals surface area contributed by atoms with Gasteiger partial charge >= 0.3 is 0 Å². The van der Waals surface area contributed by atoms with E-state index in [0.29, 0.717) is 12.2 Å². The second-order valence-electron chi connectivity index (χ2n) is 6.40. The van der Waals surface area contributed by atoms with Gasteiger partial charge in [0.1, 0.15) is 5.69 Å². The van der Waals surface area contributed by atoms with Gasteiger partial charge in [0.2, 0.25) is 0 Å². The Morgan fingerprint density at radius 2 is 1.59 bits per heavy atom. The molecule has 0 aliphatic carbocycles. The average Bonchev–Trinajstić information content (AvgIpc) is 2.73. The first-order valence-electron chi connectivity index (χ1n) is 8.90. The smallest absolute Gasteiger partial charge is 0.270 e. The fraction of sp³-hybridized carbons (Fsp3) is 0.0870. The number of carbonyl (C=O) groups is 1. The van der Waals surface area contributed by atoms with Crippen molar-refractivity contribution in [2.75, 3.05) is 0 Å². The molecule has 0 unspecified atom stereocenters. The lowest BCUT2D eigenvalue weighted by molar-refractivity contribution is 0.0946. The highest BCUT2D eigenvalue weighted by Crippen LogP contribution is 2.12. The second-order valence-corrected chi connectivity index (χ2v) is 6.40. The van der Waals surface area contributed by atoms with E-state index in [2.05, 4.69) is 39.6 Å². The summed E-state index contributed by atoms with van der Waals surface area (Å²) >= 11 is 0. The van der Waals surface area contributed by atoms with Gasteiger partial charge in [0.15, 0.2) is 0 Å². The van der Waals surface area contributed by atoms with E-state index in [1.165, 1.54) is 11.1 Å². The van der Waals surface area contributed by atoms with Crippen molar-refractivity contribution in [2.24, 2.45) is 0 Å². The Morgan fingerprint density at radius 1 is 0.778 bits per heavy atom. The Labute approximate surface area is 157 Å². The average molecular weight is 353 g/mol. The largest absolute Gasteiger partial charge is 0.347 e. The van der Waals surface area contributed by atoms with Gasteiger partial charge in [-0.2, -0.15) is 0 Å². The van der Waals surface area contributed by atoms with Crippen LogP contribution in [0.25, 0.3) is 11.0 Å². The van der Waals surface area contributed by atoms with E-state index in [9.17, 15) is 4.79 Å². The van der Waals surface area contributed by atoms with Crippen LogP contribution in [0.1, 0.15) is 27.2 Å². The van der Waals surface area contributed by atoms with E-state index in [-0.39, 0.29) is 5.91 Å². The normalized spacial score (nSPS) is 10.7. The molecule has 2 heterocycles. The number of nitrogens with one attached hydrogen (secondary N) is 1. The summed E-state index contributed by atoms with van der Waals surface area (Å²) in [7, 11) is 0. The molecule has 4 heteroatoms. The fourth-order valence-corrected chi connectivity index (χ4v) is 3.04. The molecule has 27 heavy (non-hydrogen) atoms. The number of amides is 1. The van der Waals surface area contributed by atoms with Gasteiger partial charge in [-0.15, -0.1) is 0 Å². The third kappa shape index (κ3) is 4.18. The van der Waals surface area contributed by atoms with Crippen LogP contribution >= 0.6 is 0 Å². The van der Waals surface area contributed by atoms with Crippen molar-refractivity contribution in [1.82, 2.24) is 15.3 Å². The van der Waals surface area contributed by atoms with Crippen molar-refractivity contribution in [1.29, 1.82) is 0 Å². The molecular formula is C23H19N3O. The van der Waals surface area contributed by atoms with Crippen molar-refractivity contribution >= 4 is 16.9 Å². The van der Waals surface area contributed by atoms with Gasteiger partial charge in [-0.05, 0) is 47.4 Å². The highest BCUT2D eigenvalue weighted by Gasteiger charge is 2.08. The van der Waals surface area contributed by atoms with Crippen molar-refractivity contribution in [3.8, 4) is 0 Å². The predicted octanol–water partition coefficient (Wildman–Crippen LogP) is 4.15. The number of hydrogen-bond acceptors (Lipinski definition) is 3. The lowest BCUT2D eigenvalue weighted by Crippen LogP contribution is -2.23. The van der Waals surface area contributed by atoms with E-state index < -0.39 is 0 Å². The SMILES string of the molecule is O=C(NCc1cccc(Cc2ccccc2)c1)c1ccc2ncccc2n1. The number of benzene rings is 2. The fourth-order valence-electron chi connectivity index (χ4n) is 3.04. The standard InChI is InChI=1S/C23H19N3O/c27-23(22-12-11-20-21(26-22)10-5-13-24-20)25-16-19-9-4-8-18(15-19)14-17-6-2-1-3-7-17/h1-13,15H,14,16H2,(H,25,27). The molecule has 0 saturated carbocycles. The minimum absolute atomic E-state index is 0.186. The van der Waals surface area contributed by atoms with Crippen LogP contribution in [0.2, 0.25) is 0 Å². The lowest BCUT2D eigenvalue weighted by Gasteiger charge is -2.08. The van der Waals surface area contributed by atoms with E-state index >= 15 is 0 Å². The van der Waals surface area contributed by atoms with Gasteiger partial charge in [-0.1, -0.05) is 54.6 Å². The van der Waals surface area contributed by atoms with Crippen LogP contribution in [-0.4, -0.2) is 15.9 Å². The highest BCUT2D eigenvalue weighted by atomic mass is 16.1. The molecule has 1 N–H and O–H groups in total. The van der Waals surface area contributed by atoms with Gasteiger partial charge in [0.05, 0.1) is 11.0 Å². The van der Waals surface area contributed by atoms with Gasteiger partial charge < -0.3 is 5.32 Å². The molecule has 0 aliphatic rings. The molecule has 0 bridgehead atoms. The first kappa shape index (κ1) is 16.9. The Hall–Kier alpha value is -3.53. The third-order valence-corrected chi connectivity index (χ3v) is 4.38. The molecule has 4 rings (SSSR count). The summed E-state index contributed by atoms with van der Waals surface area (Å²) in [4.78, 5) is 21.1. The molecule has 0 atom stereocenters. The number of fused-ring (bicyclic) bond motifs is 1. The minimum atomic E-state index is -0.186. The molecule has 132 valence electrons. The maximum Gasteiger partial charge on any atom is 0.270 e. The predicted molar refractivity (Wildman–Crippen MR) is 106 cm³/mol. The maximum atomic E-state index is 12.4. The summed E-state index contributed by atoms with van der Waals surface area (Å²) in [6.07, 6.45) is 2.59. The summed E-state index contributed by atoms with van der Waals surface area (Å²) in [5.41, 5.74) is 5.46. The van der Waals surface area contributed by atoms with Crippen molar-refractivity contribution in [2.45, 2.75) is 13.0 Å². The van der Waals surface area contributed by atoms with Gasteiger partial charge in [-0.25, -0.2) is 4.98 Å². The number of nitrogens with zero attached hydrogens (tertiary/aromatic N) is 2. The lowest BCUT2D eigenvalue weighted by atomic mass is 10.0. The summed E-state index contributed by atoms with van der Waals surface area (Å²) in [6, 6.07) is 25.8. The van der Waals surface area contributed by atoms with E-state index in [1.54, 1.807) is 12.3 Å². The Bertz CT molecular complexity index is 1080. The van der Waals surface area contributed by atoms with Crippen LogP contribution in [0.3, 0.4) is 0 Å². The van der Waals surface area contributed by atoms with Gasteiger partial charge in [0, 0.05) is 12.7 Å². The van der Waals surface area contributed by atoms with Crippen LogP contribution in [0.5, 0.6) is 0 Å². The summed E-state index contributed by atoms with van der Waals surface area (Å²) < 4.78 is 0. The summed E-state index contributed by atoms with van der Waals surface area (Å²) in [5.74, 6) is -0.186. The number of carbonyl (C=O) groups excluding carboxylic acids is 1. The highest BCUT2D eigenvalue weighted by molar-refractivity contribution is 5.94. The number of rotatable bonds is 5.